The predicted octanol–water partition coefficient (Wildman–Crippen LogP) is 3.86. The molecule has 0 aliphatic carbocycles. The maximum atomic E-state index is 12.2. The summed E-state index contributed by atoms with van der Waals surface area (Å²) in [4.78, 5) is 13.4. The molecule has 0 unspecified atom stereocenters. The molecule has 1 amide bonds. The summed E-state index contributed by atoms with van der Waals surface area (Å²) in [5.74, 6) is -0.0202. The molecule has 0 spiro atoms. The number of hydrogen-bond acceptors (Lipinski definition) is 2. The zero-order valence-corrected chi connectivity index (χ0v) is 11.1. The Kier molecular flexibility index (Phi) is 3.38. The molecule has 0 atom stereocenters. The van der Waals surface area contributed by atoms with Gasteiger partial charge in [-0.05, 0) is 29.2 Å². The van der Waals surface area contributed by atoms with Crippen LogP contribution in [0.25, 0.3) is 0 Å². The van der Waals surface area contributed by atoms with Crippen molar-refractivity contribution in [3.63, 3.8) is 0 Å². The molecular formula is C16H13NOS. The fourth-order valence-electron chi connectivity index (χ4n) is 2.01. The number of carbonyl (C=O) groups is 1. The van der Waals surface area contributed by atoms with E-state index >= 15 is 0 Å². The van der Waals surface area contributed by atoms with Crippen molar-refractivity contribution in [2.45, 2.75) is 11.3 Å². The lowest BCUT2D eigenvalue weighted by molar-refractivity contribution is -0.112. The standard InChI is InChI=1S/C16H13NOS/c18-16(17-14-7-2-1-3-8-14)13-10-12-6-4-5-9-15(12)19-11-13/h1-9,11H,10H2,(H,17,18). The number of amides is 1. The largest absolute Gasteiger partial charge is 0.322 e. The lowest BCUT2D eigenvalue weighted by Crippen LogP contribution is -2.17. The molecule has 1 heterocycles. The summed E-state index contributed by atoms with van der Waals surface area (Å²) in [5, 5.41) is 4.87. The van der Waals surface area contributed by atoms with Gasteiger partial charge in [-0.15, -0.1) is 0 Å². The summed E-state index contributed by atoms with van der Waals surface area (Å²) in [6, 6.07) is 17.7. The highest BCUT2D eigenvalue weighted by molar-refractivity contribution is 8.02. The van der Waals surface area contributed by atoms with E-state index in [-0.39, 0.29) is 5.91 Å². The summed E-state index contributed by atoms with van der Waals surface area (Å²) in [6.07, 6.45) is 0.696. The minimum absolute atomic E-state index is 0.0202. The fraction of sp³-hybridized carbons (Fsp3) is 0.0625. The summed E-state index contributed by atoms with van der Waals surface area (Å²) in [7, 11) is 0. The van der Waals surface area contributed by atoms with Gasteiger partial charge in [-0.2, -0.15) is 0 Å². The third-order valence-electron chi connectivity index (χ3n) is 3.00. The molecular weight excluding hydrogens is 254 g/mol. The lowest BCUT2D eigenvalue weighted by atomic mass is 10.1. The van der Waals surface area contributed by atoms with Crippen LogP contribution in [0.2, 0.25) is 0 Å². The van der Waals surface area contributed by atoms with E-state index in [1.807, 2.05) is 47.9 Å². The molecule has 0 radical (unpaired) electrons. The van der Waals surface area contributed by atoms with Gasteiger partial charge >= 0.3 is 0 Å². The number of thioether (sulfide) groups is 1. The monoisotopic (exact) mass is 267 g/mol. The van der Waals surface area contributed by atoms with E-state index in [0.29, 0.717) is 6.42 Å². The van der Waals surface area contributed by atoms with E-state index in [2.05, 4.69) is 17.4 Å². The second kappa shape index (κ2) is 5.33. The Bertz CT molecular complexity index is 634. The normalized spacial score (nSPS) is 13.4. The smallest absolute Gasteiger partial charge is 0.252 e. The Morgan fingerprint density at radius 1 is 1.00 bits per heavy atom. The quantitative estimate of drug-likeness (QED) is 0.895. The third-order valence-corrected chi connectivity index (χ3v) is 4.06. The highest BCUT2D eigenvalue weighted by Crippen LogP contribution is 2.32. The molecule has 0 saturated heterocycles. The van der Waals surface area contributed by atoms with Crippen LogP contribution in [-0.2, 0) is 11.2 Å². The lowest BCUT2D eigenvalue weighted by Gasteiger charge is -2.16. The number of rotatable bonds is 2. The summed E-state index contributed by atoms with van der Waals surface area (Å²) in [6.45, 7) is 0. The van der Waals surface area contributed by atoms with Gasteiger partial charge < -0.3 is 5.32 Å². The minimum atomic E-state index is -0.0202. The Labute approximate surface area is 116 Å². The van der Waals surface area contributed by atoms with E-state index < -0.39 is 0 Å². The maximum Gasteiger partial charge on any atom is 0.252 e. The first-order chi connectivity index (χ1) is 9.33. The number of carbonyl (C=O) groups excluding carboxylic acids is 1. The summed E-state index contributed by atoms with van der Waals surface area (Å²) < 4.78 is 0. The number of benzene rings is 2. The van der Waals surface area contributed by atoms with Crippen molar-refractivity contribution in [3.8, 4) is 0 Å². The van der Waals surface area contributed by atoms with Crippen LogP contribution < -0.4 is 5.32 Å². The highest BCUT2D eigenvalue weighted by atomic mass is 32.2. The van der Waals surface area contributed by atoms with Crippen LogP contribution in [0.15, 0.2) is 70.5 Å². The molecule has 2 nitrogen and oxygen atoms in total. The summed E-state index contributed by atoms with van der Waals surface area (Å²) >= 11 is 1.61. The number of hydrogen-bond donors (Lipinski definition) is 1. The third kappa shape index (κ3) is 2.71. The predicted molar refractivity (Wildman–Crippen MR) is 79.2 cm³/mol. The second-order valence-corrected chi connectivity index (χ2v) is 5.28. The van der Waals surface area contributed by atoms with E-state index in [1.165, 1.54) is 10.5 Å². The molecule has 2 aromatic carbocycles. The van der Waals surface area contributed by atoms with Crippen LogP contribution in [0.1, 0.15) is 5.56 Å². The van der Waals surface area contributed by atoms with E-state index in [1.54, 1.807) is 11.8 Å². The van der Waals surface area contributed by atoms with Crippen molar-refractivity contribution in [1.29, 1.82) is 0 Å². The van der Waals surface area contributed by atoms with Crippen LogP contribution in [0.4, 0.5) is 5.69 Å². The average molecular weight is 267 g/mol. The first-order valence-corrected chi connectivity index (χ1v) is 7.01. The van der Waals surface area contributed by atoms with Crippen LogP contribution >= 0.6 is 11.8 Å². The van der Waals surface area contributed by atoms with Crippen molar-refractivity contribution < 1.29 is 4.79 Å². The molecule has 1 aliphatic heterocycles. The number of para-hydroxylation sites is 1. The van der Waals surface area contributed by atoms with Crippen LogP contribution in [0.3, 0.4) is 0 Å². The first-order valence-electron chi connectivity index (χ1n) is 6.13. The van der Waals surface area contributed by atoms with Gasteiger partial charge in [0, 0.05) is 22.6 Å². The van der Waals surface area contributed by atoms with Crippen LogP contribution in [0.5, 0.6) is 0 Å². The van der Waals surface area contributed by atoms with Crippen molar-refractivity contribution in [1.82, 2.24) is 0 Å². The van der Waals surface area contributed by atoms with Crippen molar-refractivity contribution >= 4 is 23.4 Å². The zero-order chi connectivity index (χ0) is 13.1. The highest BCUT2D eigenvalue weighted by Gasteiger charge is 2.16. The molecule has 3 rings (SSSR count). The Morgan fingerprint density at radius 2 is 1.74 bits per heavy atom. The van der Waals surface area contributed by atoms with Gasteiger partial charge in [0.1, 0.15) is 0 Å². The Hall–Kier alpha value is -2.00. The van der Waals surface area contributed by atoms with Gasteiger partial charge in [-0.3, -0.25) is 4.79 Å². The van der Waals surface area contributed by atoms with Crippen LogP contribution in [-0.4, -0.2) is 5.91 Å². The fourth-order valence-corrected chi connectivity index (χ4v) is 2.92. The number of anilines is 1. The molecule has 1 N–H and O–H groups in total. The van der Waals surface area contributed by atoms with E-state index in [4.69, 9.17) is 0 Å². The molecule has 3 heteroatoms. The van der Waals surface area contributed by atoms with Gasteiger partial charge in [-0.1, -0.05) is 48.2 Å². The van der Waals surface area contributed by atoms with Gasteiger partial charge in [0.05, 0.1) is 0 Å². The molecule has 2 aromatic rings. The number of nitrogens with one attached hydrogen (secondary N) is 1. The Balaban J connectivity index is 1.74. The van der Waals surface area contributed by atoms with E-state index in [0.717, 1.165) is 11.3 Å². The first kappa shape index (κ1) is 12.1. The summed E-state index contributed by atoms with van der Waals surface area (Å²) in [5.41, 5.74) is 2.86. The number of fused-ring (bicyclic) bond motifs is 1. The van der Waals surface area contributed by atoms with Crippen molar-refractivity contribution in [2.75, 3.05) is 5.32 Å². The van der Waals surface area contributed by atoms with Gasteiger partial charge in [0.15, 0.2) is 0 Å². The Morgan fingerprint density at radius 3 is 2.58 bits per heavy atom. The minimum Gasteiger partial charge on any atom is -0.322 e. The molecule has 19 heavy (non-hydrogen) atoms. The van der Waals surface area contributed by atoms with Crippen molar-refractivity contribution in [3.05, 3.63) is 71.1 Å². The molecule has 0 aromatic heterocycles. The van der Waals surface area contributed by atoms with E-state index in [9.17, 15) is 4.79 Å². The SMILES string of the molecule is O=C(Nc1ccccc1)C1=CSc2ccccc2C1. The van der Waals surface area contributed by atoms with Crippen LogP contribution in [0, 0.1) is 0 Å². The zero-order valence-electron chi connectivity index (χ0n) is 10.3. The molecule has 94 valence electrons. The van der Waals surface area contributed by atoms with Gasteiger partial charge in [-0.25, -0.2) is 0 Å². The van der Waals surface area contributed by atoms with Gasteiger partial charge in [0.25, 0.3) is 5.91 Å². The maximum absolute atomic E-state index is 12.2. The molecule has 0 fully saturated rings. The molecule has 0 saturated carbocycles. The topological polar surface area (TPSA) is 29.1 Å². The second-order valence-electron chi connectivity index (χ2n) is 4.37. The molecule has 0 bridgehead atoms. The van der Waals surface area contributed by atoms with Gasteiger partial charge in [0.2, 0.25) is 0 Å². The average Bonchev–Trinajstić information content (AvgIpc) is 2.48. The van der Waals surface area contributed by atoms with Crippen molar-refractivity contribution in [2.24, 2.45) is 0 Å². The molecule has 1 aliphatic rings.